The molecule has 0 aromatic carbocycles. The van der Waals surface area contributed by atoms with Crippen molar-refractivity contribution in [1.29, 1.82) is 0 Å². The predicted octanol–water partition coefficient (Wildman–Crippen LogP) is 5.77. The molecule has 1 unspecified atom stereocenters. The lowest BCUT2D eigenvalue weighted by molar-refractivity contribution is 0.170. The molecule has 0 amide bonds. The van der Waals surface area contributed by atoms with E-state index in [0.29, 0.717) is 6.10 Å². The van der Waals surface area contributed by atoms with Gasteiger partial charge in [-0.1, -0.05) is 70.8 Å². The largest absolute Gasteiger partial charge is 0.494 e. The van der Waals surface area contributed by atoms with Gasteiger partial charge in [0.1, 0.15) is 6.10 Å². The molecule has 0 spiro atoms. The van der Waals surface area contributed by atoms with Crippen LogP contribution in [0.25, 0.3) is 0 Å². The molecule has 104 valence electrons. The van der Waals surface area contributed by atoms with Crippen molar-refractivity contribution in [2.75, 3.05) is 0 Å². The molecule has 1 aliphatic rings. The summed E-state index contributed by atoms with van der Waals surface area (Å²) in [6.45, 7) is 2.28. The van der Waals surface area contributed by atoms with Crippen LogP contribution in [0.5, 0.6) is 0 Å². The molecule has 0 aromatic rings. The van der Waals surface area contributed by atoms with Crippen molar-refractivity contribution in [3.8, 4) is 0 Å². The molecule has 0 aromatic heterocycles. The number of allylic oxidation sites excluding steroid dienone is 2. The van der Waals surface area contributed by atoms with Crippen LogP contribution in [0.4, 0.5) is 0 Å². The Bertz CT molecular complexity index is 230. The van der Waals surface area contributed by atoms with E-state index in [1.807, 2.05) is 6.08 Å². The van der Waals surface area contributed by atoms with Gasteiger partial charge in [-0.3, -0.25) is 0 Å². The third kappa shape index (κ3) is 8.38. The van der Waals surface area contributed by atoms with Crippen LogP contribution < -0.4 is 0 Å². The minimum Gasteiger partial charge on any atom is -0.494 e. The topological polar surface area (TPSA) is 9.23 Å². The van der Waals surface area contributed by atoms with Crippen LogP contribution in [-0.4, -0.2) is 6.10 Å². The zero-order valence-electron chi connectivity index (χ0n) is 12.1. The summed E-state index contributed by atoms with van der Waals surface area (Å²) in [5, 5.41) is 0. The number of ether oxygens (including phenoxy) is 1. The predicted molar refractivity (Wildman–Crippen MR) is 79.6 cm³/mol. The third-order valence-electron chi connectivity index (χ3n) is 3.61. The van der Waals surface area contributed by atoms with E-state index in [9.17, 15) is 0 Å². The average Bonchev–Trinajstić information content (AvgIpc) is 2.42. The summed E-state index contributed by atoms with van der Waals surface area (Å²) in [7, 11) is 0. The van der Waals surface area contributed by atoms with Gasteiger partial charge in [0.25, 0.3) is 0 Å². The number of unbranched alkanes of at least 4 members (excludes halogenated alkanes) is 9. The monoisotopic (exact) mass is 250 g/mol. The fourth-order valence-electron chi connectivity index (χ4n) is 2.42. The molecule has 1 heteroatoms. The fourth-order valence-corrected chi connectivity index (χ4v) is 2.42. The first-order valence-electron chi connectivity index (χ1n) is 7.92. The molecule has 0 bridgehead atoms. The molecule has 18 heavy (non-hydrogen) atoms. The van der Waals surface area contributed by atoms with Crippen molar-refractivity contribution in [1.82, 2.24) is 0 Å². The Morgan fingerprint density at radius 1 is 0.778 bits per heavy atom. The van der Waals surface area contributed by atoms with Gasteiger partial charge in [0.15, 0.2) is 0 Å². The van der Waals surface area contributed by atoms with E-state index < -0.39 is 0 Å². The molecule has 0 saturated heterocycles. The Kier molecular flexibility index (Phi) is 9.69. The van der Waals surface area contributed by atoms with Crippen LogP contribution >= 0.6 is 0 Å². The van der Waals surface area contributed by atoms with Gasteiger partial charge in [-0.25, -0.2) is 0 Å². The molecule has 1 rings (SSSR count). The summed E-state index contributed by atoms with van der Waals surface area (Å²) >= 11 is 0. The molecule has 0 aliphatic carbocycles. The van der Waals surface area contributed by atoms with Crippen LogP contribution in [0, 0.1) is 0 Å². The maximum absolute atomic E-state index is 5.49. The number of rotatable bonds is 11. The zero-order chi connectivity index (χ0) is 12.9. The highest BCUT2D eigenvalue weighted by Crippen LogP contribution is 2.14. The number of hydrogen-bond donors (Lipinski definition) is 0. The van der Waals surface area contributed by atoms with E-state index in [-0.39, 0.29) is 0 Å². The van der Waals surface area contributed by atoms with Gasteiger partial charge in [-0.15, -0.1) is 0 Å². The molecule has 0 fully saturated rings. The van der Waals surface area contributed by atoms with Gasteiger partial charge >= 0.3 is 0 Å². The highest BCUT2D eigenvalue weighted by Gasteiger charge is 2.04. The van der Waals surface area contributed by atoms with Crippen molar-refractivity contribution in [3.05, 3.63) is 24.5 Å². The first-order chi connectivity index (χ1) is 8.93. The highest BCUT2D eigenvalue weighted by atomic mass is 16.5. The summed E-state index contributed by atoms with van der Waals surface area (Å²) in [5.74, 6) is 0. The van der Waals surface area contributed by atoms with Crippen molar-refractivity contribution in [3.63, 3.8) is 0 Å². The van der Waals surface area contributed by atoms with Crippen LogP contribution in [-0.2, 0) is 4.74 Å². The van der Waals surface area contributed by atoms with Crippen LogP contribution in [0.15, 0.2) is 24.5 Å². The lowest BCUT2D eigenvalue weighted by Crippen LogP contribution is -2.07. The third-order valence-corrected chi connectivity index (χ3v) is 3.61. The molecule has 1 heterocycles. The Hall–Kier alpha value is -0.720. The Morgan fingerprint density at radius 3 is 1.94 bits per heavy atom. The van der Waals surface area contributed by atoms with Crippen LogP contribution in [0.2, 0.25) is 0 Å². The Labute approximate surface area is 113 Å². The Morgan fingerprint density at radius 2 is 1.39 bits per heavy atom. The fraction of sp³-hybridized carbons (Fsp3) is 0.765. The summed E-state index contributed by atoms with van der Waals surface area (Å²) in [5.41, 5.74) is 0. The standard InChI is InChI=1S/C17H30O/c1-2-3-4-5-6-7-8-9-10-11-14-17-15-12-13-16-18-17/h12-13,15-17H,2-11,14H2,1H3. The van der Waals surface area contributed by atoms with Gasteiger partial charge in [-0.05, 0) is 25.0 Å². The maximum atomic E-state index is 5.49. The first-order valence-corrected chi connectivity index (χ1v) is 7.92. The first kappa shape index (κ1) is 15.3. The molecule has 1 nitrogen and oxygen atoms in total. The molecule has 0 saturated carbocycles. The van der Waals surface area contributed by atoms with Crippen molar-refractivity contribution < 1.29 is 4.74 Å². The molecule has 0 N–H and O–H groups in total. The lowest BCUT2D eigenvalue weighted by Gasteiger charge is -2.14. The molecule has 0 radical (unpaired) electrons. The maximum Gasteiger partial charge on any atom is 0.116 e. The molecular formula is C17H30O. The molecule has 1 atom stereocenters. The minimum atomic E-state index is 0.337. The number of hydrogen-bond acceptors (Lipinski definition) is 1. The van der Waals surface area contributed by atoms with Crippen LogP contribution in [0.1, 0.15) is 77.6 Å². The van der Waals surface area contributed by atoms with E-state index >= 15 is 0 Å². The van der Waals surface area contributed by atoms with E-state index in [2.05, 4.69) is 19.1 Å². The normalized spacial score (nSPS) is 17.9. The molecule has 1 aliphatic heterocycles. The second-order valence-electron chi connectivity index (χ2n) is 5.36. The average molecular weight is 250 g/mol. The van der Waals surface area contributed by atoms with Crippen molar-refractivity contribution in [2.24, 2.45) is 0 Å². The van der Waals surface area contributed by atoms with Gasteiger partial charge in [0.05, 0.1) is 6.26 Å². The quantitative estimate of drug-likeness (QED) is 0.423. The van der Waals surface area contributed by atoms with E-state index in [4.69, 9.17) is 4.74 Å². The van der Waals surface area contributed by atoms with E-state index in [0.717, 1.165) is 0 Å². The van der Waals surface area contributed by atoms with Gasteiger partial charge in [0.2, 0.25) is 0 Å². The summed E-state index contributed by atoms with van der Waals surface area (Å²) in [6, 6.07) is 0. The van der Waals surface area contributed by atoms with Crippen LogP contribution in [0.3, 0.4) is 0 Å². The molecular weight excluding hydrogens is 220 g/mol. The summed E-state index contributed by atoms with van der Waals surface area (Å²) in [4.78, 5) is 0. The SMILES string of the molecule is CCCCCCCCCCCCC1C=CC=CO1. The van der Waals surface area contributed by atoms with Gasteiger partial charge < -0.3 is 4.74 Å². The highest BCUT2D eigenvalue weighted by molar-refractivity contribution is 5.07. The van der Waals surface area contributed by atoms with Crippen molar-refractivity contribution in [2.45, 2.75) is 83.7 Å². The summed E-state index contributed by atoms with van der Waals surface area (Å²) < 4.78 is 5.49. The lowest BCUT2D eigenvalue weighted by atomic mass is 10.0. The summed E-state index contributed by atoms with van der Waals surface area (Å²) in [6.07, 6.45) is 23.6. The minimum absolute atomic E-state index is 0.337. The van der Waals surface area contributed by atoms with E-state index in [1.165, 1.54) is 70.6 Å². The van der Waals surface area contributed by atoms with Gasteiger partial charge in [0, 0.05) is 0 Å². The zero-order valence-corrected chi connectivity index (χ0v) is 12.1. The van der Waals surface area contributed by atoms with E-state index in [1.54, 1.807) is 6.26 Å². The van der Waals surface area contributed by atoms with Crippen molar-refractivity contribution >= 4 is 0 Å². The van der Waals surface area contributed by atoms with Gasteiger partial charge in [-0.2, -0.15) is 0 Å². The smallest absolute Gasteiger partial charge is 0.116 e. The second-order valence-corrected chi connectivity index (χ2v) is 5.36. The second kappa shape index (κ2) is 11.4. The Balaban J connectivity index is 1.76.